The van der Waals surface area contributed by atoms with Crippen molar-refractivity contribution < 1.29 is 23.5 Å². The Hall–Kier alpha value is -2.52. The van der Waals surface area contributed by atoms with Crippen LogP contribution in [-0.2, 0) is 19.1 Å². The second kappa shape index (κ2) is 9.32. The summed E-state index contributed by atoms with van der Waals surface area (Å²) in [6.45, 7) is 7.82. The average molecular weight is 435 g/mol. The van der Waals surface area contributed by atoms with Gasteiger partial charge in [-0.15, -0.1) is 0 Å². The molecule has 0 bridgehead atoms. The molecule has 3 amide bonds. The van der Waals surface area contributed by atoms with Crippen molar-refractivity contribution in [3.63, 3.8) is 0 Å². The van der Waals surface area contributed by atoms with Crippen LogP contribution in [-0.4, -0.2) is 61.5 Å². The number of carbonyl (C=O) groups excluding carboxylic acids is 3. The minimum Gasteiger partial charge on any atom is -0.370 e. The fourth-order valence-corrected chi connectivity index (χ4v) is 3.74. The maximum Gasteiger partial charge on any atom is 0.253 e. The van der Waals surface area contributed by atoms with E-state index < -0.39 is 23.7 Å². The molecule has 1 aromatic carbocycles. The lowest BCUT2D eigenvalue weighted by molar-refractivity contribution is -0.133. The molecule has 1 saturated carbocycles. The monoisotopic (exact) mass is 434 g/mol. The Balaban J connectivity index is 1.76. The molecule has 2 fully saturated rings. The third kappa shape index (κ3) is 6.24. The largest absolute Gasteiger partial charge is 0.370 e. The normalized spacial score (nSPS) is 18.2. The number of hydrogen-bond acceptors (Lipinski definition) is 5. The van der Waals surface area contributed by atoms with Gasteiger partial charge in [0, 0.05) is 25.3 Å². The number of anilines is 2. The van der Waals surface area contributed by atoms with Gasteiger partial charge in [0.15, 0.2) is 6.04 Å². The maximum absolute atomic E-state index is 14.7. The van der Waals surface area contributed by atoms with Gasteiger partial charge in [0.05, 0.1) is 12.3 Å². The Morgan fingerprint density at radius 2 is 2.06 bits per heavy atom. The lowest BCUT2D eigenvalue weighted by Gasteiger charge is -2.34. The second-order valence-electron chi connectivity index (χ2n) is 9.49. The first-order chi connectivity index (χ1) is 14.5. The molecule has 0 radical (unpaired) electrons. The minimum atomic E-state index is -1.19. The number of amides is 3. The second-order valence-corrected chi connectivity index (χ2v) is 9.49. The molecule has 1 aromatic rings. The van der Waals surface area contributed by atoms with E-state index in [2.05, 4.69) is 5.32 Å². The molecule has 9 heteroatoms. The number of nitrogens with one attached hydrogen (secondary N) is 1. The molecule has 1 heterocycles. The molecule has 31 heavy (non-hydrogen) atoms. The molecular formula is C22H31FN4O4. The predicted octanol–water partition coefficient (Wildman–Crippen LogP) is 1.74. The summed E-state index contributed by atoms with van der Waals surface area (Å²) in [4.78, 5) is 40.4. The molecule has 3 N–H and O–H groups in total. The van der Waals surface area contributed by atoms with E-state index >= 15 is 0 Å². The molecular weight excluding hydrogens is 403 g/mol. The quantitative estimate of drug-likeness (QED) is 0.607. The van der Waals surface area contributed by atoms with Crippen molar-refractivity contribution in [2.45, 2.75) is 39.7 Å². The molecule has 170 valence electrons. The number of rotatable bonds is 8. The summed E-state index contributed by atoms with van der Waals surface area (Å²) < 4.78 is 19.8. The highest BCUT2D eigenvalue weighted by atomic mass is 19.1. The third-order valence-corrected chi connectivity index (χ3v) is 5.26. The van der Waals surface area contributed by atoms with Crippen LogP contribution in [0.4, 0.5) is 15.8 Å². The molecule has 8 nitrogen and oxygen atoms in total. The highest BCUT2D eigenvalue weighted by Gasteiger charge is 2.37. The van der Waals surface area contributed by atoms with Crippen molar-refractivity contribution >= 4 is 29.1 Å². The van der Waals surface area contributed by atoms with Crippen LogP contribution in [0.3, 0.4) is 0 Å². The molecule has 1 saturated heterocycles. The SMILES string of the molecule is CC(C)(C)CN(CC1CC1)[C@H](C(N)=O)C(=O)Nc1ccc(N2CCOCC2=O)cc1F. The van der Waals surface area contributed by atoms with Crippen LogP contribution in [0, 0.1) is 17.2 Å². The number of halogens is 1. The third-order valence-electron chi connectivity index (χ3n) is 5.26. The Labute approximate surface area is 181 Å². The number of nitrogens with zero attached hydrogens (tertiary/aromatic N) is 2. The zero-order valence-electron chi connectivity index (χ0n) is 18.3. The lowest BCUT2D eigenvalue weighted by Crippen LogP contribution is -2.54. The summed E-state index contributed by atoms with van der Waals surface area (Å²) in [6.07, 6.45) is 2.12. The average Bonchev–Trinajstić information content (AvgIpc) is 3.46. The van der Waals surface area contributed by atoms with Crippen LogP contribution < -0.4 is 16.0 Å². The molecule has 0 unspecified atom stereocenters. The molecule has 1 atom stereocenters. The molecule has 1 aliphatic heterocycles. The fraction of sp³-hybridized carbons (Fsp3) is 0.591. The topological polar surface area (TPSA) is 105 Å². The van der Waals surface area contributed by atoms with Gasteiger partial charge < -0.3 is 20.7 Å². The van der Waals surface area contributed by atoms with E-state index in [9.17, 15) is 18.8 Å². The van der Waals surface area contributed by atoms with Gasteiger partial charge in [-0.25, -0.2) is 4.39 Å². The summed E-state index contributed by atoms with van der Waals surface area (Å²) >= 11 is 0. The number of benzene rings is 1. The van der Waals surface area contributed by atoms with Gasteiger partial charge in [-0.1, -0.05) is 20.8 Å². The van der Waals surface area contributed by atoms with Crippen LogP contribution in [0.2, 0.25) is 0 Å². The van der Waals surface area contributed by atoms with Crippen molar-refractivity contribution in [2.75, 3.05) is 43.1 Å². The standard InChI is InChI=1S/C22H31FN4O4/c1-22(2,3)13-26(11-14-4-5-14)19(20(24)29)21(30)25-17-7-6-15(10-16(17)23)27-8-9-31-12-18(27)28/h6-7,10,14,19H,4-5,8-9,11-13H2,1-3H3,(H2,24,29)(H,25,30)/t19-/m1/s1. The number of ether oxygens (including phenoxy) is 1. The lowest BCUT2D eigenvalue weighted by atomic mass is 9.94. The fourth-order valence-electron chi connectivity index (χ4n) is 3.74. The molecule has 2 aliphatic rings. The van der Waals surface area contributed by atoms with Crippen LogP contribution in [0.15, 0.2) is 18.2 Å². The summed E-state index contributed by atoms with van der Waals surface area (Å²) in [5, 5.41) is 2.51. The van der Waals surface area contributed by atoms with Crippen molar-refractivity contribution in [2.24, 2.45) is 17.1 Å². The van der Waals surface area contributed by atoms with Crippen LogP contribution in [0.5, 0.6) is 0 Å². The van der Waals surface area contributed by atoms with E-state index in [1.807, 2.05) is 20.8 Å². The van der Waals surface area contributed by atoms with Gasteiger partial charge in [-0.2, -0.15) is 0 Å². The Morgan fingerprint density at radius 1 is 1.35 bits per heavy atom. The summed E-state index contributed by atoms with van der Waals surface area (Å²) in [5.74, 6) is -1.93. The van der Waals surface area contributed by atoms with E-state index in [0.717, 1.165) is 12.8 Å². The van der Waals surface area contributed by atoms with Crippen molar-refractivity contribution in [3.05, 3.63) is 24.0 Å². The summed E-state index contributed by atoms with van der Waals surface area (Å²) in [7, 11) is 0. The Morgan fingerprint density at radius 3 is 2.61 bits per heavy atom. The van der Waals surface area contributed by atoms with Gasteiger partial charge in [0.1, 0.15) is 12.4 Å². The number of morpholine rings is 1. The zero-order chi connectivity index (χ0) is 22.8. The smallest absolute Gasteiger partial charge is 0.253 e. The first-order valence-corrected chi connectivity index (χ1v) is 10.6. The highest BCUT2D eigenvalue weighted by molar-refractivity contribution is 6.09. The van der Waals surface area contributed by atoms with E-state index in [0.29, 0.717) is 37.8 Å². The minimum absolute atomic E-state index is 0.0506. The summed E-state index contributed by atoms with van der Waals surface area (Å²) in [6, 6.07) is 2.94. The Kier molecular flexibility index (Phi) is 6.96. The zero-order valence-corrected chi connectivity index (χ0v) is 18.3. The van der Waals surface area contributed by atoms with Gasteiger partial charge in [0.2, 0.25) is 5.91 Å². The molecule has 1 aliphatic carbocycles. The first-order valence-electron chi connectivity index (χ1n) is 10.6. The van der Waals surface area contributed by atoms with Crippen molar-refractivity contribution in [3.8, 4) is 0 Å². The maximum atomic E-state index is 14.7. The summed E-state index contributed by atoms with van der Waals surface area (Å²) in [5.41, 5.74) is 5.76. The van der Waals surface area contributed by atoms with Crippen molar-refractivity contribution in [1.82, 2.24) is 4.90 Å². The van der Waals surface area contributed by atoms with Crippen LogP contribution in [0.25, 0.3) is 0 Å². The van der Waals surface area contributed by atoms with Crippen molar-refractivity contribution in [1.29, 1.82) is 0 Å². The van der Waals surface area contributed by atoms with Gasteiger partial charge >= 0.3 is 0 Å². The van der Waals surface area contributed by atoms with E-state index in [1.165, 1.54) is 17.0 Å². The van der Waals surface area contributed by atoms with Gasteiger partial charge in [-0.05, 0) is 42.4 Å². The Bertz CT molecular complexity index is 850. The predicted molar refractivity (Wildman–Crippen MR) is 115 cm³/mol. The number of primary amides is 1. The molecule has 0 aromatic heterocycles. The number of carbonyl (C=O) groups is 3. The van der Waals surface area contributed by atoms with Gasteiger partial charge in [-0.3, -0.25) is 19.3 Å². The van der Waals surface area contributed by atoms with Crippen LogP contribution >= 0.6 is 0 Å². The van der Waals surface area contributed by atoms with E-state index in [4.69, 9.17) is 10.5 Å². The van der Waals surface area contributed by atoms with Crippen LogP contribution in [0.1, 0.15) is 33.6 Å². The molecule has 0 spiro atoms. The van der Waals surface area contributed by atoms with Gasteiger partial charge in [0.25, 0.3) is 11.8 Å². The number of hydrogen-bond donors (Lipinski definition) is 2. The highest BCUT2D eigenvalue weighted by Crippen LogP contribution is 2.32. The molecule has 3 rings (SSSR count). The van der Waals surface area contributed by atoms with E-state index in [1.54, 1.807) is 11.0 Å². The van der Waals surface area contributed by atoms with E-state index in [-0.39, 0.29) is 23.6 Å². The first kappa shape index (κ1) is 23.1. The number of nitrogens with two attached hydrogens (primary N) is 1.